The summed E-state index contributed by atoms with van der Waals surface area (Å²) >= 11 is 12.0. The van der Waals surface area contributed by atoms with Crippen molar-refractivity contribution in [3.8, 4) is 5.75 Å². The van der Waals surface area contributed by atoms with E-state index in [0.29, 0.717) is 29.6 Å². The van der Waals surface area contributed by atoms with Gasteiger partial charge in [0.2, 0.25) is 0 Å². The third-order valence-corrected chi connectivity index (χ3v) is 4.73. The summed E-state index contributed by atoms with van der Waals surface area (Å²) in [5.41, 5.74) is 0.170. The second-order valence-electron chi connectivity index (χ2n) is 7.46. The predicted octanol–water partition coefficient (Wildman–Crippen LogP) is 4.48. The fourth-order valence-corrected chi connectivity index (χ4v) is 3.61. The molecule has 3 N–H and O–H groups in total. The number of amides is 1. The summed E-state index contributed by atoms with van der Waals surface area (Å²) < 4.78 is 5.27. The molecule has 0 aromatic heterocycles. The molecule has 1 aliphatic carbocycles. The number of halogens is 2. The molecule has 7 heteroatoms. The summed E-state index contributed by atoms with van der Waals surface area (Å²) in [5, 5.41) is 17.1. The van der Waals surface area contributed by atoms with Crippen molar-refractivity contribution in [1.82, 2.24) is 10.6 Å². The van der Waals surface area contributed by atoms with Gasteiger partial charge >= 0.3 is 6.09 Å². The van der Waals surface area contributed by atoms with Gasteiger partial charge in [0.05, 0.1) is 5.02 Å². The first kappa shape index (κ1) is 20.1. The van der Waals surface area contributed by atoms with Crippen LogP contribution in [0.5, 0.6) is 5.75 Å². The van der Waals surface area contributed by atoms with Crippen LogP contribution in [0, 0.1) is 5.92 Å². The molecule has 0 aliphatic heterocycles. The van der Waals surface area contributed by atoms with Gasteiger partial charge in [-0.2, -0.15) is 0 Å². The van der Waals surface area contributed by atoms with E-state index in [9.17, 15) is 9.90 Å². The first-order valence-corrected chi connectivity index (χ1v) is 9.28. The lowest BCUT2D eigenvalue weighted by Gasteiger charge is -2.24. The Hall–Kier alpha value is -1.17. The van der Waals surface area contributed by atoms with Crippen molar-refractivity contribution in [2.45, 2.75) is 58.2 Å². The smallest absolute Gasteiger partial charge is 0.407 e. The van der Waals surface area contributed by atoms with Crippen LogP contribution in [0.15, 0.2) is 12.1 Å². The molecule has 0 bridgehead atoms. The molecule has 1 aliphatic rings. The predicted molar refractivity (Wildman–Crippen MR) is 100 cm³/mol. The second kappa shape index (κ2) is 8.47. The van der Waals surface area contributed by atoms with Gasteiger partial charge in [0, 0.05) is 29.7 Å². The SMILES string of the molecule is CC(C)(C)OC(=O)NCC1CCCC1NCc1cc(Cl)cc(Cl)c1O. The first-order valence-electron chi connectivity index (χ1n) is 8.53. The average molecular weight is 389 g/mol. The Kier molecular flexibility index (Phi) is 6.83. The van der Waals surface area contributed by atoms with Crippen molar-refractivity contribution < 1.29 is 14.6 Å². The normalized spacial score (nSPS) is 20.5. The Balaban J connectivity index is 1.87. The lowest BCUT2D eigenvalue weighted by molar-refractivity contribution is 0.0517. The Morgan fingerprint density at radius 3 is 2.72 bits per heavy atom. The van der Waals surface area contributed by atoms with E-state index in [1.165, 1.54) is 6.07 Å². The molecule has 1 aromatic rings. The topological polar surface area (TPSA) is 70.6 Å². The minimum Gasteiger partial charge on any atom is -0.506 e. The van der Waals surface area contributed by atoms with Gasteiger partial charge in [-0.05, 0) is 51.7 Å². The summed E-state index contributed by atoms with van der Waals surface area (Å²) in [5.74, 6) is 0.379. The maximum absolute atomic E-state index is 11.8. The van der Waals surface area contributed by atoms with E-state index in [-0.39, 0.29) is 16.8 Å². The average Bonchev–Trinajstić information content (AvgIpc) is 2.93. The van der Waals surface area contributed by atoms with Gasteiger partial charge < -0.3 is 20.5 Å². The molecule has 1 amide bonds. The highest BCUT2D eigenvalue weighted by molar-refractivity contribution is 6.35. The Labute approximate surface area is 159 Å². The molecule has 0 spiro atoms. The van der Waals surface area contributed by atoms with E-state index in [0.717, 1.165) is 19.3 Å². The van der Waals surface area contributed by atoms with Crippen molar-refractivity contribution in [2.24, 2.45) is 5.92 Å². The summed E-state index contributed by atoms with van der Waals surface area (Å²) in [6, 6.07) is 3.48. The van der Waals surface area contributed by atoms with E-state index in [1.807, 2.05) is 20.8 Å². The Morgan fingerprint density at radius 2 is 2.04 bits per heavy atom. The highest BCUT2D eigenvalue weighted by atomic mass is 35.5. The van der Waals surface area contributed by atoms with Gasteiger partial charge in [-0.3, -0.25) is 0 Å². The number of hydrogen-bond donors (Lipinski definition) is 3. The highest BCUT2D eigenvalue weighted by Crippen LogP contribution is 2.32. The molecule has 0 saturated heterocycles. The molecule has 1 aromatic carbocycles. The van der Waals surface area contributed by atoms with Gasteiger partial charge in [-0.1, -0.05) is 29.6 Å². The fourth-order valence-electron chi connectivity index (χ4n) is 3.07. The maximum Gasteiger partial charge on any atom is 0.407 e. The number of nitrogens with one attached hydrogen (secondary N) is 2. The fraction of sp³-hybridized carbons (Fsp3) is 0.611. The third kappa shape index (κ3) is 6.24. The second-order valence-corrected chi connectivity index (χ2v) is 8.30. The van der Waals surface area contributed by atoms with Crippen LogP contribution in [-0.2, 0) is 11.3 Å². The van der Waals surface area contributed by atoms with Crippen LogP contribution in [0.4, 0.5) is 4.79 Å². The zero-order chi connectivity index (χ0) is 18.6. The molecule has 0 heterocycles. The van der Waals surface area contributed by atoms with Crippen molar-refractivity contribution in [1.29, 1.82) is 0 Å². The monoisotopic (exact) mass is 388 g/mol. The van der Waals surface area contributed by atoms with Gasteiger partial charge in [-0.15, -0.1) is 0 Å². The quantitative estimate of drug-likeness (QED) is 0.694. The molecular formula is C18H26Cl2N2O3. The largest absolute Gasteiger partial charge is 0.506 e. The van der Waals surface area contributed by atoms with Crippen LogP contribution in [0.1, 0.15) is 45.6 Å². The minimum absolute atomic E-state index is 0.0555. The maximum atomic E-state index is 11.8. The van der Waals surface area contributed by atoms with Crippen molar-refractivity contribution in [3.05, 3.63) is 27.7 Å². The number of phenols is 1. The first-order chi connectivity index (χ1) is 11.7. The number of hydrogen-bond acceptors (Lipinski definition) is 4. The lowest BCUT2D eigenvalue weighted by atomic mass is 10.0. The molecule has 0 radical (unpaired) electrons. The van der Waals surface area contributed by atoms with E-state index < -0.39 is 11.7 Å². The molecule has 2 atom stereocenters. The highest BCUT2D eigenvalue weighted by Gasteiger charge is 2.28. The van der Waals surface area contributed by atoms with Gasteiger partial charge in [0.15, 0.2) is 0 Å². The molecule has 2 unspecified atom stereocenters. The molecule has 1 fully saturated rings. The van der Waals surface area contributed by atoms with Crippen LogP contribution in [0.2, 0.25) is 10.0 Å². The number of alkyl carbamates (subject to hydrolysis) is 1. The van der Waals surface area contributed by atoms with E-state index in [2.05, 4.69) is 10.6 Å². The van der Waals surface area contributed by atoms with Crippen molar-refractivity contribution in [2.75, 3.05) is 6.54 Å². The van der Waals surface area contributed by atoms with Crippen LogP contribution in [0.3, 0.4) is 0 Å². The van der Waals surface area contributed by atoms with Crippen molar-refractivity contribution >= 4 is 29.3 Å². The van der Waals surface area contributed by atoms with Crippen LogP contribution < -0.4 is 10.6 Å². The number of rotatable bonds is 5. The van der Waals surface area contributed by atoms with E-state index in [4.69, 9.17) is 27.9 Å². The minimum atomic E-state index is -0.499. The third-order valence-electron chi connectivity index (χ3n) is 4.23. The Morgan fingerprint density at radius 1 is 1.32 bits per heavy atom. The number of benzene rings is 1. The van der Waals surface area contributed by atoms with E-state index in [1.54, 1.807) is 6.07 Å². The van der Waals surface area contributed by atoms with Gasteiger partial charge in [0.1, 0.15) is 11.4 Å². The van der Waals surface area contributed by atoms with Crippen LogP contribution in [-0.4, -0.2) is 29.4 Å². The number of carbonyl (C=O) groups excluding carboxylic acids is 1. The Bertz CT molecular complexity index is 617. The summed E-state index contributed by atoms with van der Waals surface area (Å²) in [4.78, 5) is 11.8. The lowest BCUT2D eigenvalue weighted by Crippen LogP contribution is -2.40. The van der Waals surface area contributed by atoms with Gasteiger partial charge in [0.25, 0.3) is 0 Å². The molecule has 2 rings (SSSR count). The zero-order valence-corrected chi connectivity index (χ0v) is 16.4. The molecule has 140 valence electrons. The number of carbonyl (C=O) groups is 1. The number of aromatic hydroxyl groups is 1. The summed E-state index contributed by atoms with van der Waals surface area (Å²) in [6.07, 6.45) is 2.77. The van der Waals surface area contributed by atoms with Crippen molar-refractivity contribution in [3.63, 3.8) is 0 Å². The number of ether oxygens (including phenoxy) is 1. The molecule has 5 nitrogen and oxygen atoms in total. The van der Waals surface area contributed by atoms with Crippen LogP contribution >= 0.6 is 23.2 Å². The summed E-state index contributed by atoms with van der Waals surface area (Å²) in [7, 11) is 0. The number of phenolic OH excluding ortho intramolecular Hbond substituents is 1. The van der Waals surface area contributed by atoms with E-state index >= 15 is 0 Å². The van der Waals surface area contributed by atoms with Gasteiger partial charge in [-0.25, -0.2) is 4.79 Å². The summed E-state index contributed by atoms with van der Waals surface area (Å²) in [6.45, 7) is 6.56. The zero-order valence-electron chi connectivity index (χ0n) is 14.9. The molecule has 1 saturated carbocycles. The standard InChI is InChI=1S/C18H26Cl2N2O3/c1-18(2,3)25-17(24)22-9-11-5-4-6-15(11)21-10-12-7-13(19)8-14(20)16(12)23/h7-8,11,15,21,23H,4-6,9-10H2,1-3H3,(H,22,24). The molecule has 25 heavy (non-hydrogen) atoms. The van der Waals surface area contributed by atoms with Crippen LogP contribution in [0.25, 0.3) is 0 Å². The molecular weight excluding hydrogens is 363 g/mol.